The van der Waals surface area contributed by atoms with E-state index in [-0.39, 0.29) is 17.3 Å². The van der Waals surface area contributed by atoms with Gasteiger partial charge in [-0.25, -0.2) is 9.37 Å². The number of carbonyl (C=O) groups excluding carboxylic acids is 1. The lowest BCUT2D eigenvalue weighted by molar-refractivity contribution is -0.132. The van der Waals surface area contributed by atoms with Crippen LogP contribution in [-0.2, 0) is 17.8 Å². The maximum atomic E-state index is 13.7. The van der Waals surface area contributed by atoms with Crippen LogP contribution in [0.2, 0.25) is 0 Å². The summed E-state index contributed by atoms with van der Waals surface area (Å²) in [4.78, 5) is 33.3. The first kappa shape index (κ1) is 24.6. The van der Waals surface area contributed by atoms with E-state index in [4.69, 9.17) is 9.72 Å². The Morgan fingerprint density at radius 3 is 2.58 bits per heavy atom. The highest BCUT2D eigenvalue weighted by Crippen LogP contribution is 2.36. The summed E-state index contributed by atoms with van der Waals surface area (Å²) in [7, 11) is 0. The van der Waals surface area contributed by atoms with Crippen molar-refractivity contribution in [3.05, 3.63) is 82.0 Å². The van der Waals surface area contributed by atoms with Crippen LogP contribution in [0.15, 0.2) is 64.5 Å². The van der Waals surface area contributed by atoms with Crippen molar-refractivity contribution in [2.45, 2.75) is 61.9 Å². The van der Waals surface area contributed by atoms with Crippen LogP contribution >= 0.6 is 11.8 Å². The molecule has 1 amide bonds. The second-order valence-corrected chi connectivity index (χ2v) is 10.6. The summed E-state index contributed by atoms with van der Waals surface area (Å²) in [5, 5.41) is 1.27. The van der Waals surface area contributed by atoms with Crippen molar-refractivity contribution in [3.63, 3.8) is 0 Å². The van der Waals surface area contributed by atoms with Crippen LogP contribution in [0, 0.1) is 5.82 Å². The first-order valence-electron chi connectivity index (χ1n) is 12.6. The van der Waals surface area contributed by atoms with Crippen LogP contribution in [0.3, 0.4) is 0 Å². The minimum absolute atomic E-state index is 0.0426. The van der Waals surface area contributed by atoms with E-state index < -0.39 is 0 Å². The number of hydrogen-bond donors (Lipinski definition) is 0. The van der Waals surface area contributed by atoms with Crippen LogP contribution in [0.25, 0.3) is 5.69 Å². The molecule has 1 saturated carbocycles. The van der Waals surface area contributed by atoms with Crippen LogP contribution in [0.1, 0.15) is 49.8 Å². The van der Waals surface area contributed by atoms with E-state index in [0.29, 0.717) is 55.5 Å². The molecule has 2 aromatic carbocycles. The molecular weight excluding hydrogens is 477 g/mol. The first-order chi connectivity index (χ1) is 17.6. The molecule has 2 heterocycles. The molecule has 188 valence electrons. The second kappa shape index (κ2) is 11.3. The molecule has 1 fully saturated rings. The Morgan fingerprint density at radius 2 is 1.86 bits per heavy atom. The third kappa shape index (κ3) is 5.64. The SMILES string of the molecule is O=C(CCCCOc1ccc(F)cc1)N1CCc2nc(SC3CCC3)n(-c3ccccc3)c(=O)c2C1. The molecule has 2 aliphatic rings. The molecule has 1 aliphatic carbocycles. The predicted molar refractivity (Wildman–Crippen MR) is 138 cm³/mol. The third-order valence-corrected chi connectivity index (χ3v) is 8.05. The number of benzene rings is 2. The Kier molecular flexibility index (Phi) is 7.70. The van der Waals surface area contributed by atoms with Crippen molar-refractivity contribution >= 4 is 17.7 Å². The summed E-state index contributed by atoms with van der Waals surface area (Å²) in [6.07, 6.45) is 5.95. The number of thioether (sulfide) groups is 1. The number of amides is 1. The molecule has 0 spiro atoms. The molecule has 3 aromatic rings. The molecule has 1 aromatic heterocycles. The molecule has 36 heavy (non-hydrogen) atoms. The molecule has 0 atom stereocenters. The minimum atomic E-state index is -0.296. The summed E-state index contributed by atoms with van der Waals surface area (Å²) < 4.78 is 20.3. The number of halogens is 1. The first-order valence-corrected chi connectivity index (χ1v) is 13.5. The summed E-state index contributed by atoms with van der Waals surface area (Å²) in [5.74, 6) is 0.364. The van der Waals surface area contributed by atoms with Gasteiger partial charge in [-0.3, -0.25) is 14.2 Å². The highest BCUT2D eigenvalue weighted by Gasteiger charge is 2.28. The molecule has 0 unspecified atom stereocenters. The number of rotatable bonds is 9. The number of unbranched alkanes of at least 4 members (excludes halogenated alkanes) is 1. The van der Waals surface area contributed by atoms with E-state index >= 15 is 0 Å². The highest BCUT2D eigenvalue weighted by molar-refractivity contribution is 7.99. The summed E-state index contributed by atoms with van der Waals surface area (Å²) in [6, 6.07) is 15.6. The largest absolute Gasteiger partial charge is 0.494 e. The fourth-order valence-corrected chi connectivity index (χ4v) is 5.77. The Labute approximate surface area is 214 Å². The van der Waals surface area contributed by atoms with Crippen LogP contribution in [-0.4, -0.2) is 38.8 Å². The highest BCUT2D eigenvalue weighted by atomic mass is 32.2. The molecule has 0 N–H and O–H groups in total. The van der Waals surface area contributed by atoms with Crippen molar-refractivity contribution < 1.29 is 13.9 Å². The second-order valence-electron chi connectivity index (χ2n) is 9.29. The zero-order valence-electron chi connectivity index (χ0n) is 20.2. The van der Waals surface area contributed by atoms with Gasteiger partial charge in [-0.1, -0.05) is 36.4 Å². The van der Waals surface area contributed by atoms with Crippen molar-refractivity contribution in [1.82, 2.24) is 14.5 Å². The van der Waals surface area contributed by atoms with Crippen LogP contribution in [0.4, 0.5) is 4.39 Å². The normalized spacial score (nSPS) is 15.3. The number of carbonyl (C=O) groups is 1. The van der Waals surface area contributed by atoms with Crippen LogP contribution < -0.4 is 10.3 Å². The molecule has 0 radical (unpaired) electrons. The molecule has 0 bridgehead atoms. The zero-order valence-corrected chi connectivity index (χ0v) is 21.0. The van der Waals surface area contributed by atoms with Gasteiger partial charge in [0.1, 0.15) is 11.6 Å². The van der Waals surface area contributed by atoms with E-state index in [9.17, 15) is 14.0 Å². The Morgan fingerprint density at radius 1 is 1.08 bits per heavy atom. The van der Waals surface area contributed by atoms with E-state index in [2.05, 4.69) is 0 Å². The van der Waals surface area contributed by atoms with Crippen molar-refractivity contribution in [2.75, 3.05) is 13.2 Å². The molecular formula is C28H30FN3O3S. The summed E-state index contributed by atoms with van der Waals surface area (Å²) in [6.45, 7) is 1.34. The maximum absolute atomic E-state index is 13.7. The van der Waals surface area contributed by atoms with Gasteiger partial charge in [0.05, 0.1) is 30.1 Å². The van der Waals surface area contributed by atoms with Crippen molar-refractivity contribution in [3.8, 4) is 11.4 Å². The maximum Gasteiger partial charge on any atom is 0.264 e. The number of para-hydroxylation sites is 1. The lowest BCUT2D eigenvalue weighted by Gasteiger charge is -2.30. The van der Waals surface area contributed by atoms with Crippen molar-refractivity contribution in [1.29, 1.82) is 0 Å². The quantitative estimate of drug-likeness (QED) is 0.296. The van der Waals surface area contributed by atoms with Gasteiger partial charge < -0.3 is 9.64 Å². The van der Waals surface area contributed by atoms with E-state index in [1.807, 2.05) is 30.3 Å². The van der Waals surface area contributed by atoms with Gasteiger partial charge in [0.25, 0.3) is 5.56 Å². The van der Waals surface area contributed by atoms with Gasteiger partial charge in [0.15, 0.2) is 5.16 Å². The smallest absolute Gasteiger partial charge is 0.264 e. The number of fused-ring (bicyclic) bond motifs is 1. The summed E-state index contributed by atoms with van der Waals surface area (Å²) in [5.41, 5.74) is 2.18. The van der Waals surface area contributed by atoms with Gasteiger partial charge in [-0.2, -0.15) is 0 Å². The topological polar surface area (TPSA) is 64.4 Å². The van der Waals surface area contributed by atoms with E-state index in [0.717, 1.165) is 35.8 Å². The van der Waals surface area contributed by atoms with Gasteiger partial charge in [0, 0.05) is 24.6 Å². The number of aromatic nitrogens is 2. The lowest BCUT2D eigenvalue weighted by atomic mass is 10.0. The molecule has 8 heteroatoms. The Hall–Kier alpha value is -3.13. The monoisotopic (exact) mass is 507 g/mol. The van der Waals surface area contributed by atoms with Gasteiger partial charge in [-0.15, -0.1) is 0 Å². The van der Waals surface area contributed by atoms with Crippen molar-refractivity contribution in [2.24, 2.45) is 0 Å². The molecule has 0 saturated heterocycles. The van der Waals surface area contributed by atoms with Gasteiger partial charge in [0.2, 0.25) is 5.91 Å². The zero-order chi connectivity index (χ0) is 24.9. The molecule has 1 aliphatic heterocycles. The number of nitrogens with zero attached hydrogens (tertiary/aromatic N) is 3. The Bertz CT molecular complexity index is 1260. The predicted octanol–water partition coefficient (Wildman–Crippen LogP) is 5.15. The minimum Gasteiger partial charge on any atom is -0.494 e. The molecule has 6 nitrogen and oxygen atoms in total. The average Bonchev–Trinajstić information content (AvgIpc) is 2.87. The van der Waals surface area contributed by atoms with Crippen LogP contribution in [0.5, 0.6) is 5.75 Å². The Balaban J connectivity index is 1.23. The molecule has 5 rings (SSSR count). The van der Waals surface area contributed by atoms with E-state index in [1.54, 1.807) is 33.4 Å². The van der Waals surface area contributed by atoms with Gasteiger partial charge in [-0.05, 0) is 62.1 Å². The standard InChI is InChI=1S/C28H30FN3O3S/c29-20-12-14-22(15-13-20)35-18-5-4-11-26(33)31-17-16-25-24(19-31)27(34)32(21-7-2-1-3-8-21)28(30-25)36-23-9-6-10-23/h1-3,7-8,12-15,23H,4-6,9-11,16-19H2. The number of ether oxygens (including phenoxy) is 1. The fourth-order valence-electron chi connectivity index (χ4n) is 4.45. The fraction of sp³-hybridized carbons (Fsp3) is 0.393. The third-order valence-electron chi connectivity index (χ3n) is 6.76. The summed E-state index contributed by atoms with van der Waals surface area (Å²) >= 11 is 1.70. The lowest BCUT2D eigenvalue weighted by Crippen LogP contribution is -2.41. The number of hydrogen-bond acceptors (Lipinski definition) is 5. The average molecular weight is 508 g/mol. The van der Waals surface area contributed by atoms with E-state index in [1.165, 1.54) is 18.6 Å². The van der Waals surface area contributed by atoms with Gasteiger partial charge >= 0.3 is 0 Å².